The number of amides is 1. The summed E-state index contributed by atoms with van der Waals surface area (Å²) in [5.41, 5.74) is 0.256. The van der Waals surface area contributed by atoms with Crippen LogP contribution in [0.25, 0.3) is 0 Å². The van der Waals surface area contributed by atoms with Crippen LogP contribution in [0, 0.1) is 10.1 Å². The van der Waals surface area contributed by atoms with E-state index in [-0.39, 0.29) is 21.6 Å². The summed E-state index contributed by atoms with van der Waals surface area (Å²) in [5, 5.41) is 22.5. The van der Waals surface area contributed by atoms with E-state index in [1.54, 1.807) is 30.3 Å². The van der Waals surface area contributed by atoms with Crippen LogP contribution in [0.15, 0.2) is 59.6 Å². The maximum Gasteiger partial charge on any atom is 0.345 e. The number of carbonyl (C=O) groups is 2. The molecule has 1 heterocycles. The maximum absolute atomic E-state index is 12.5. The van der Waals surface area contributed by atoms with Crippen molar-refractivity contribution in [2.45, 2.75) is 11.4 Å². The first kappa shape index (κ1) is 23.8. The minimum absolute atomic E-state index is 0.0128. The number of anilines is 1. The zero-order valence-electron chi connectivity index (χ0n) is 16.6. The predicted octanol–water partition coefficient (Wildman–Crippen LogP) is 2.03. The number of nitrogens with one attached hydrogen (secondary N) is 2. The Bertz CT molecular complexity index is 1290. The lowest BCUT2D eigenvalue weighted by Gasteiger charge is -2.10. The summed E-state index contributed by atoms with van der Waals surface area (Å²) >= 11 is 0.614. The van der Waals surface area contributed by atoms with E-state index in [1.165, 1.54) is 0 Å². The molecule has 3 N–H and O–H groups in total. The van der Waals surface area contributed by atoms with Crippen molar-refractivity contribution in [3.8, 4) is 5.75 Å². The molecule has 0 aliphatic carbocycles. The Kier molecular flexibility index (Phi) is 7.32. The largest absolute Gasteiger partial charge is 0.507 e. The zero-order valence-corrected chi connectivity index (χ0v) is 18.3. The first-order chi connectivity index (χ1) is 15.7. The molecule has 12 nitrogen and oxygen atoms in total. The highest BCUT2D eigenvalue weighted by molar-refractivity contribution is 7.89. The molecular weight excluding hydrogens is 476 g/mol. The van der Waals surface area contributed by atoms with Crippen LogP contribution in [0.4, 0.5) is 10.1 Å². The summed E-state index contributed by atoms with van der Waals surface area (Å²) in [6.07, 6.45) is 0.960. The molecule has 3 aromatic rings. The monoisotopic (exact) mass is 492 g/mol. The Morgan fingerprint density at radius 1 is 1.18 bits per heavy atom. The molecule has 0 aliphatic heterocycles. The van der Waals surface area contributed by atoms with Gasteiger partial charge in [-0.3, -0.25) is 20.2 Å². The van der Waals surface area contributed by atoms with Crippen molar-refractivity contribution >= 4 is 43.4 Å². The van der Waals surface area contributed by atoms with E-state index < -0.39 is 44.7 Å². The van der Waals surface area contributed by atoms with Crippen LogP contribution in [-0.4, -0.2) is 41.9 Å². The molecule has 0 atom stereocenters. The Balaban J connectivity index is 1.63. The summed E-state index contributed by atoms with van der Waals surface area (Å²) in [6, 6.07) is 11.8. The number of aromatic hydroxyl groups is 1. The van der Waals surface area contributed by atoms with Crippen molar-refractivity contribution in [3.05, 3.63) is 76.0 Å². The minimum Gasteiger partial charge on any atom is -0.507 e. The Labute approximate surface area is 191 Å². The van der Waals surface area contributed by atoms with Crippen LogP contribution < -0.4 is 10.0 Å². The fourth-order valence-corrected chi connectivity index (χ4v) is 4.17. The van der Waals surface area contributed by atoms with Gasteiger partial charge in [-0.1, -0.05) is 30.3 Å². The molecule has 0 aliphatic rings. The minimum atomic E-state index is -4.02. The Morgan fingerprint density at radius 2 is 1.91 bits per heavy atom. The van der Waals surface area contributed by atoms with E-state index in [2.05, 4.69) is 15.0 Å². The topological polar surface area (TPSA) is 178 Å². The molecule has 172 valence electrons. The van der Waals surface area contributed by atoms with Gasteiger partial charge in [-0.05, 0) is 35.1 Å². The van der Waals surface area contributed by atoms with E-state index in [9.17, 15) is 33.2 Å². The van der Waals surface area contributed by atoms with Gasteiger partial charge >= 0.3 is 11.0 Å². The lowest BCUT2D eigenvalue weighted by molar-refractivity contribution is -0.380. The third-order valence-corrected chi connectivity index (χ3v) is 6.32. The Hall–Kier alpha value is -3.88. The van der Waals surface area contributed by atoms with Gasteiger partial charge in [0, 0.05) is 6.54 Å². The van der Waals surface area contributed by atoms with Crippen molar-refractivity contribution in [2.75, 3.05) is 11.9 Å². The second-order valence-electron chi connectivity index (χ2n) is 6.37. The molecule has 0 fully saturated rings. The summed E-state index contributed by atoms with van der Waals surface area (Å²) in [7, 11) is -4.02. The fourth-order valence-electron chi connectivity index (χ4n) is 2.48. The number of thiazole rings is 1. The first-order valence-electron chi connectivity index (χ1n) is 9.09. The first-order valence-corrected chi connectivity index (χ1v) is 11.4. The fraction of sp³-hybridized carbons (Fsp3) is 0.105. The van der Waals surface area contributed by atoms with Gasteiger partial charge in [-0.25, -0.2) is 22.9 Å². The molecule has 2 aromatic carbocycles. The third-order valence-electron chi connectivity index (χ3n) is 4.06. The van der Waals surface area contributed by atoms with Gasteiger partial charge in [0.2, 0.25) is 10.0 Å². The van der Waals surface area contributed by atoms with Gasteiger partial charge in [0.05, 0.1) is 9.82 Å². The molecule has 0 unspecified atom stereocenters. The van der Waals surface area contributed by atoms with E-state index in [4.69, 9.17) is 4.74 Å². The van der Waals surface area contributed by atoms with Gasteiger partial charge in [0.25, 0.3) is 5.91 Å². The van der Waals surface area contributed by atoms with Gasteiger partial charge in [-0.2, -0.15) is 0 Å². The number of esters is 1. The van der Waals surface area contributed by atoms with Crippen molar-refractivity contribution in [1.82, 2.24) is 9.71 Å². The van der Waals surface area contributed by atoms with E-state index in [0.717, 1.165) is 30.0 Å². The van der Waals surface area contributed by atoms with Crippen molar-refractivity contribution in [1.29, 1.82) is 0 Å². The molecule has 0 saturated carbocycles. The van der Waals surface area contributed by atoms with Crippen LogP contribution in [-0.2, 0) is 26.1 Å². The number of phenolic OH excluding ortho intramolecular Hbond substituents is 1. The lowest BCUT2D eigenvalue weighted by atomic mass is 10.2. The van der Waals surface area contributed by atoms with E-state index in [1.807, 2.05) is 0 Å². The normalized spacial score (nSPS) is 11.0. The maximum atomic E-state index is 12.5. The summed E-state index contributed by atoms with van der Waals surface area (Å²) in [6.45, 7) is -0.784. The smallest absolute Gasteiger partial charge is 0.345 e. The number of phenols is 1. The standard InChI is InChI=1S/C19H16N4O8S2/c24-15-7-6-13(33(29,30)21-9-12-4-2-1-3-5-12)8-14(15)18(26)31-11-16(25)22-19-20-10-17(32-19)23(27)28/h1-8,10,21,24H,9,11H2,(H,20,22,25). The molecule has 0 bridgehead atoms. The number of benzene rings is 2. The van der Waals surface area contributed by atoms with Crippen LogP contribution in [0.2, 0.25) is 0 Å². The molecule has 0 spiro atoms. The summed E-state index contributed by atoms with van der Waals surface area (Å²) < 4.78 is 32.3. The number of carbonyl (C=O) groups excluding carboxylic acids is 2. The van der Waals surface area contributed by atoms with E-state index in [0.29, 0.717) is 11.3 Å². The zero-order chi connectivity index (χ0) is 24.0. The van der Waals surface area contributed by atoms with Gasteiger partial charge < -0.3 is 9.84 Å². The molecule has 0 radical (unpaired) electrons. The average molecular weight is 492 g/mol. The molecular formula is C19H16N4O8S2. The van der Waals surface area contributed by atoms with Crippen molar-refractivity contribution in [3.63, 3.8) is 0 Å². The van der Waals surface area contributed by atoms with Crippen LogP contribution in [0.1, 0.15) is 15.9 Å². The van der Waals surface area contributed by atoms with Crippen LogP contribution in [0.3, 0.4) is 0 Å². The average Bonchev–Trinajstić information content (AvgIpc) is 3.26. The summed E-state index contributed by atoms with van der Waals surface area (Å²) in [5.74, 6) is -2.52. The number of nitro groups is 1. The molecule has 3 rings (SSSR count). The number of aromatic nitrogens is 1. The third kappa shape index (κ3) is 6.31. The number of hydrogen-bond acceptors (Lipinski definition) is 10. The highest BCUT2D eigenvalue weighted by Gasteiger charge is 2.21. The number of ether oxygens (including phenoxy) is 1. The Morgan fingerprint density at radius 3 is 2.58 bits per heavy atom. The van der Waals surface area contributed by atoms with Crippen molar-refractivity contribution in [2.24, 2.45) is 0 Å². The predicted molar refractivity (Wildman–Crippen MR) is 116 cm³/mol. The number of hydrogen-bond donors (Lipinski definition) is 3. The molecule has 1 amide bonds. The quantitative estimate of drug-likeness (QED) is 0.229. The van der Waals surface area contributed by atoms with Gasteiger partial charge in [0.1, 0.15) is 17.5 Å². The second-order valence-corrected chi connectivity index (χ2v) is 9.15. The number of sulfonamides is 1. The number of rotatable bonds is 9. The van der Waals surface area contributed by atoms with Crippen LogP contribution >= 0.6 is 11.3 Å². The van der Waals surface area contributed by atoms with Crippen molar-refractivity contribution < 1.29 is 32.8 Å². The highest BCUT2D eigenvalue weighted by atomic mass is 32.2. The molecule has 0 saturated heterocycles. The SMILES string of the molecule is O=C(COC(=O)c1cc(S(=O)(=O)NCc2ccccc2)ccc1O)Nc1ncc([N+](=O)[O-])s1. The van der Waals surface area contributed by atoms with Gasteiger partial charge in [-0.15, -0.1) is 0 Å². The molecule has 14 heteroatoms. The summed E-state index contributed by atoms with van der Waals surface area (Å²) in [4.78, 5) is 37.5. The lowest BCUT2D eigenvalue weighted by Crippen LogP contribution is -2.24. The van der Waals surface area contributed by atoms with Gasteiger partial charge in [0.15, 0.2) is 11.7 Å². The molecule has 33 heavy (non-hydrogen) atoms. The molecule has 1 aromatic heterocycles. The highest BCUT2D eigenvalue weighted by Crippen LogP contribution is 2.25. The van der Waals surface area contributed by atoms with Crippen LogP contribution in [0.5, 0.6) is 5.75 Å². The van der Waals surface area contributed by atoms with E-state index >= 15 is 0 Å². The second kappa shape index (κ2) is 10.2. The number of nitrogens with zero attached hydrogens (tertiary/aromatic N) is 2.